The lowest BCUT2D eigenvalue weighted by molar-refractivity contribution is -0.131. The van der Waals surface area contributed by atoms with Gasteiger partial charge in [-0.15, -0.1) is 0 Å². The minimum absolute atomic E-state index is 0.256. The van der Waals surface area contributed by atoms with Crippen molar-refractivity contribution in [2.24, 2.45) is 0 Å². The molecule has 2 aliphatic rings. The highest BCUT2D eigenvalue weighted by Crippen LogP contribution is 2.43. The van der Waals surface area contributed by atoms with Crippen molar-refractivity contribution in [3.05, 3.63) is 18.2 Å². The van der Waals surface area contributed by atoms with E-state index in [2.05, 4.69) is 0 Å². The minimum atomic E-state index is -0.256. The Hall–Kier alpha value is -1.31. The summed E-state index contributed by atoms with van der Waals surface area (Å²) in [6.45, 7) is 1.40. The van der Waals surface area contributed by atoms with E-state index < -0.39 is 0 Å². The van der Waals surface area contributed by atoms with E-state index in [1.807, 2.05) is 18.2 Å². The molecule has 0 saturated carbocycles. The molecule has 50 valence electrons. The number of fused-ring (bicyclic) bond motifs is 1. The molecule has 0 aromatic carbocycles. The van der Waals surface area contributed by atoms with Crippen LogP contribution in [0.2, 0.25) is 0 Å². The molecule has 0 heterocycles. The van der Waals surface area contributed by atoms with E-state index in [0.29, 0.717) is 5.75 Å². The van der Waals surface area contributed by atoms with Gasteiger partial charge in [-0.1, -0.05) is 6.07 Å². The standard InChI is InChI=1S/C8H6O2/c1-5(9)10-8-3-2-6-4-7(6)8/h2-4H,1H3. The summed E-state index contributed by atoms with van der Waals surface area (Å²) in [4.78, 5) is 10.5. The van der Waals surface area contributed by atoms with Crippen LogP contribution in [0.4, 0.5) is 0 Å². The smallest absolute Gasteiger partial charge is 0.308 e. The van der Waals surface area contributed by atoms with Crippen molar-refractivity contribution in [1.29, 1.82) is 0 Å². The molecule has 0 aromatic rings. The number of rotatable bonds is 1. The number of ether oxygens (including phenoxy) is 1. The van der Waals surface area contributed by atoms with Crippen LogP contribution < -0.4 is 4.74 Å². The molecule has 10 heavy (non-hydrogen) atoms. The first-order valence-electron chi connectivity index (χ1n) is 3.10. The highest BCUT2D eigenvalue weighted by atomic mass is 16.5. The Morgan fingerprint density at radius 1 is 1.50 bits per heavy atom. The predicted molar refractivity (Wildman–Crippen MR) is 36.7 cm³/mol. The van der Waals surface area contributed by atoms with Crippen LogP contribution in [-0.4, -0.2) is 5.97 Å². The Morgan fingerprint density at radius 3 is 2.70 bits per heavy atom. The van der Waals surface area contributed by atoms with Crippen LogP contribution in [0.15, 0.2) is 18.2 Å². The molecule has 0 radical (unpaired) electrons. The minimum Gasteiger partial charge on any atom is -0.426 e. The number of esters is 1. The quantitative estimate of drug-likeness (QED) is 0.437. The van der Waals surface area contributed by atoms with E-state index in [9.17, 15) is 4.79 Å². The fourth-order valence-corrected chi connectivity index (χ4v) is 0.970. The van der Waals surface area contributed by atoms with Crippen molar-refractivity contribution < 1.29 is 9.53 Å². The lowest BCUT2D eigenvalue weighted by Crippen LogP contribution is -1.99. The van der Waals surface area contributed by atoms with Gasteiger partial charge in [0.25, 0.3) is 0 Å². The molecule has 0 bridgehead atoms. The van der Waals surface area contributed by atoms with Crippen molar-refractivity contribution in [3.8, 4) is 16.9 Å². The molecule has 0 aliphatic heterocycles. The van der Waals surface area contributed by atoms with E-state index in [4.69, 9.17) is 4.74 Å². The maximum Gasteiger partial charge on any atom is 0.308 e. The summed E-state index contributed by atoms with van der Waals surface area (Å²) >= 11 is 0. The van der Waals surface area contributed by atoms with Crippen molar-refractivity contribution in [1.82, 2.24) is 0 Å². The Balaban J connectivity index is 2.21. The molecule has 2 aliphatic carbocycles. The van der Waals surface area contributed by atoms with Gasteiger partial charge in [-0.3, -0.25) is 4.79 Å². The first-order valence-corrected chi connectivity index (χ1v) is 3.10. The van der Waals surface area contributed by atoms with Crippen LogP contribution in [0.5, 0.6) is 5.75 Å². The molecule has 0 fully saturated rings. The third-order valence-electron chi connectivity index (χ3n) is 1.46. The van der Waals surface area contributed by atoms with E-state index in [1.165, 1.54) is 12.5 Å². The summed E-state index contributed by atoms with van der Waals surface area (Å²) < 4.78 is 4.87. The van der Waals surface area contributed by atoms with Gasteiger partial charge in [0.2, 0.25) is 0 Å². The molecule has 0 saturated heterocycles. The van der Waals surface area contributed by atoms with Gasteiger partial charge in [-0.25, -0.2) is 0 Å². The SMILES string of the molecule is CC(=O)Oc1ccc2cc1-2. The Labute approximate surface area is 58.4 Å². The van der Waals surface area contributed by atoms with Crippen LogP contribution >= 0.6 is 0 Å². The number of hydrogen-bond acceptors (Lipinski definition) is 2. The molecule has 2 nitrogen and oxygen atoms in total. The molecule has 0 amide bonds. The maximum absolute atomic E-state index is 10.5. The lowest BCUT2D eigenvalue weighted by Gasteiger charge is -1.94. The Morgan fingerprint density at radius 2 is 2.30 bits per heavy atom. The zero-order valence-corrected chi connectivity index (χ0v) is 5.55. The fourth-order valence-electron chi connectivity index (χ4n) is 0.970. The van der Waals surface area contributed by atoms with E-state index >= 15 is 0 Å². The highest BCUT2D eigenvalue weighted by molar-refractivity contribution is 5.89. The number of carbonyl (C=O) groups is 1. The van der Waals surface area contributed by atoms with E-state index in [0.717, 1.165) is 5.56 Å². The topological polar surface area (TPSA) is 26.3 Å². The Bertz CT molecular complexity index is 302. The summed E-state index contributed by atoms with van der Waals surface area (Å²) in [5.41, 5.74) is 2.27. The largest absolute Gasteiger partial charge is 0.426 e. The second kappa shape index (κ2) is 1.59. The maximum atomic E-state index is 10.5. The van der Waals surface area contributed by atoms with Crippen molar-refractivity contribution in [2.75, 3.05) is 0 Å². The third kappa shape index (κ3) is 0.692. The van der Waals surface area contributed by atoms with Crippen LogP contribution in [0.25, 0.3) is 11.1 Å². The average Bonchev–Trinajstić information content (AvgIpc) is 2.52. The number of benzene rings is 1. The molecule has 0 aromatic heterocycles. The van der Waals surface area contributed by atoms with Crippen LogP contribution in [0, 0.1) is 0 Å². The summed E-state index contributed by atoms with van der Waals surface area (Å²) in [5, 5.41) is 0. The molecular weight excluding hydrogens is 128 g/mol. The first-order chi connectivity index (χ1) is 4.77. The van der Waals surface area contributed by atoms with Gasteiger partial charge < -0.3 is 4.74 Å². The lowest BCUT2D eigenvalue weighted by atomic mass is 10.5. The first kappa shape index (κ1) is 5.47. The van der Waals surface area contributed by atoms with E-state index in [-0.39, 0.29) is 5.97 Å². The van der Waals surface area contributed by atoms with Crippen LogP contribution in [0.1, 0.15) is 6.92 Å². The summed E-state index contributed by atoms with van der Waals surface area (Å²) in [6.07, 6.45) is 0. The second-order valence-electron chi connectivity index (χ2n) is 2.30. The van der Waals surface area contributed by atoms with Gasteiger partial charge in [0.05, 0.1) is 0 Å². The van der Waals surface area contributed by atoms with E-state index in [1.54, 1.807) is 0 Å². The molecule has 0 atom stereocenters. The van der Waals surface area contributed by atoms with Gasteiger partial charge in [-0.2, -0.15) is 0 Å². The zero-order valence-electron chi connectivity index (χ0n) is 5.55. The summed E-state index contributed by atoms with van der Waals surface area (Å²) in [6, 6.07) is 5.73. The van der Waals surface area contributed by atoms with Crippen LogP contribution in [-0.2, 0) is 4.79 Å². The summed E-state index contributed by atoms with van der Waals surface area (Å²) in [5.74, 6) is 0.441. The molecule has 0 spiro atoms. The average molecular weight is 134 g/mol. The monoisotopic (exact) mass is 134 g/mol. The molecular formula is C8H6O2. The third-order valence-corrected chi connectivity index (χ3v) is 1.46. The van der Waals surface area contributed by atoms with Gasteiger partial charge >= 0.3 is 5.97 Å². The summed E-state index contributed by atoms with van der Waals surface area (Å²) in [7, 11) is 0. The van der Waals surface area contributed by atoms with Crippen molar-refractivity contribution in [3.63, 3.8) is 0 Å². The predicted octanol–water partition coefficient (Wildman–Crippen LogP) is 1.59. The van der Waals surface area contributed by atoms with Gasteiger partial charge in [0, 0.05) is 12.5 Å². The van der Waals surface area contributed by atoms with Crippen LogP contribution in [0.3, 0.4) is 0 Å². The number of hydrogen-bond donors (Lipinski definition) is 0. The van der Waals surface area contributed by atoms with Gasteiger partial charge in [0.15, 0.2) is 0 Å². The van der Waals surface area contributed by atoms with Gasteiger partial charge in [0.1, 0.15) is 5.75 Å². The normalized spacial score (nSPS) is 10.9. The molecule has 2 heteroatoms. The second-order valence-corrected chi connectivity index (χ2v) is 2.30. The van der Waals surface area contributed by atoms with Crippen molar-refractivity contribution >= 4 is 5.97 Å². The highest BCUT2D eigenvalue weighted by Gasteiger charge is 2.19. The van der Waals surface area contributed by atoms with Gasteiger partial charge in [-0.05, 0) is 17.7 Å². The molecule has 2 rings (SSSR count). The fraction of sp³-hybridized carbons (Fsp3) is 0.125. The molecule has 0 unspecified atom stereocenters. The van der Waals surface area contributed by atoms with Crippen molar-refractivity contribution in [2.45, 2.75) is 6.92 Å². The molecule has 0 N–H and O–H groups in total. The Kier molecular flexibility index (Phi) is 0.873. The number of carbonyl (C=O) groups excluding carboxylic acids is 1. The zero-order chi connectivity index (χ0) is 7.14.